The van der Waals surface area contributed by atoms with E-state index >= 15 is 0 Å². The summed E-state index contributed by atoms with van der Waals surface area (Å²) >= 11 is 0. The van der Waals surface area contributed by atoms with Gasteiger partial charge in [0.2, 0.25) is 5.91 Å². The molecule has 1 heterocycles. The summed E-state index contributed by atoms with van der Waals surface area (Å²) in [6.45, 7) is 1.94. The molecule has 0 aliphatic carbocycles. The van der Waals surface area contributed by atoms with Crippen molar-refractivity contribution in [3.05, 3.63) is 54.1 Å². The number of aryl methyl sites for hydroxylation is 1. The molecule has 1 aliphatic heterocycles. The smallest absolute Gasteiger partial charge is 0.271 e. The first-order valence-electron chi connectivity index (χ1n) is 7.99. The minimum absolute atomic E-state index is 0.119. The summed E-state index contributed by atoms with van der Waals surface area (Å²) < 4.78 is 5.09. The number of hydrogen-bond acceptors (Lipinski definition) is 4. The van der Waals surface area contributed by atoms with Crippen LogP contribution in [0.2, 0.25) is 0 Å². The number of rotatable bonds is 4. The van der Waals surface area contributed by atoms with Crippen LogP contribution < -0.4 is 15.1 Å². The van der Waals surface area contributed by atoms with Crippen molar-refractivity contribution < 1.29 is 14.3 Å². The van der Waals surface area contributed by atoms with Gasteiger partial charge in [0.05, 0.1) is 12.8 Å². The van der Waals surface area contributed by atoms with Gasteiger partial charge in [-0.05, 0) is 48.9 Å². The first-order chi connectivity index (χ1) is 12.1. The molecule has 0 bridgehead atoms. The first kappa shape index (κ1) is 16.7. The van der Waals surface area contributed by atoms with Crippen molar-refractivity contribution in [3.63, 3.8) is 0 Å². The molecule has 0 radical (unpaired) electrons. The maximum absolute atomic E-state index is 12.5. The molecule has 25 heavy (non-hydrogen) atoms. The maximum Gasteiger partial charge on any atom is 0.271 e. The first-order valence-corrected chi connectivity index (χ1v) is 7.99. The van der Waals surface area contributed by atoms with Crippen LogP contribution in [-0.2, 0) is 9.59 Å². The number of carbonyl (C=O) groups is 2. The number of nitrogens with zero attached hydrogens (tertiary/aromatic N) is 2. The Bertz CT molecular complexity index is 828. The largest absolute Gasteiger partial charge is 0.497 e. The molecule has 6 heteroatoms. The summed E-state index contributed by atoms with van der Waals surface area (Å²) in [5.74, 6) is 0.283. The standard InChI is InChI=1S/C19H19N3O3/c1-13-4-3-5-15(12-13)22-18(23)11-10-17(21-22)19(24)20-14-6-8-16(25-2)9-7-14/h3-9,12H,10-11H2,1-2H3,(H,20,24). The Hall–Kier alpha value is -3.15. The minimum Gasteiger partial charge on any atom is -0.497 e. The Morgan fingerprint density at radius 1 is 1.16 bits per heavy atom. The molecule has 0 fully saturated rings. The summed E-state index contributed by atoms with van der Waals surface area (Å²) in [5.41, 5.74) is 2.67. The lowest BCUT2D eigenvalue weighted by molar-refractivity contribution is -0.118. The lowest BCUT2D eigenvalue weighted by Gasteiger charge is -2.23. The van der Waals surface area contributed by atoms with Gasteiger partial charge in [0, 0.05) is 18.5 Å². The minimum atomic E-state index is -0.310. The van der Waals surface area contributed by atoms with E-state index in [1.165, 1.54) is 5.01 Å². The third-order valence-electron chi connectivity index (χ3n) is 3.89. The fourth-order valence-corrected chi connectivity index (χ4v) is 2.56. The van der Waals surface area contributed by atoms with E-state index in [-0.39, 0.29) is 18.2 Å². The van der Waals surface area contributed by atoms with E-state index in [2.05, 4.69) is 10.4 Å². The van der Waals surface area contributed by atoms with Gasteiger partial charge in [0.1, 0.15) is 11.5 Å². The average Bonchev–Trinajstić information content (AvgIpc) is 2.62. The van der Waals surface area contributed by atoms with E-state index in [1.807, 2.05) is 25.1 Å². The van der Waals surface area contributed by atoms with Crippen molar-refractivity contribution in [2.24, 2.45) is 5.10 Å². The highest BCUT2D eigenvalue weighted by atomic mass is 16.5. The van der Waals surface area contributed by atoms with Crippen LogP contribution in [0.1, 0.15) is 18.4 Å². The zero-order valence-electron chi connectivity index (χ0n) is 14.2. The lowest BCUT2D eigenvalue weighted by Crippen LogP contribution is -2.36. The Morgan fingerprint density at radius 3 is 2.60 bits per heavy atom. The zero-order valence-corrected chi connectivity index (χ0v) is 14.2. The quantitative estimate of drug-likeness (QED) is 0.932. The van der Waals surface area contributed by atoms with Crippen molar-refractivity contribution in [1.82, 2.24) is 0 Å². The number of anilines is 2. The molecule has 2 aromatic rings. The Morgan fingerprint density at radius 2 is 1.92 bits per heavy atom. The van der Waals surface area contributed by atoms with Gasteiger partial charge in [-0.1, -0.05) is 12.1 Å². The number of amides is 2. The number of ether oxygens (including phenoxy) is 1. The van der Waals surface area contributed by atoms with Crippen LogP contribution in [0.4, 0.5) is 11.4 Å². The van der Waals surface area contributed by atoms with E-state index in [4.69, 9.17) is 4.74 Å². The summed E-state index contributed by atoms with van der Waals surface area (Å²) in [6.07, 6.45) is 0.575. The molecule has 2 amide bonds. The van der Waals surface area contributed by atoms with Gasteiger partial charge in [0.25, 0.3) is 5.91 Å². The van der Waals surface area contributed by atoms with E-state index in [1.54, 1.807) is 37.4 Å². The molecule has 128 valence electrons. The van der Waals surface area contributed by atoms with Gasteiger partial charge >= 0.3 is 0 Å². The fraction of sp³-hybridized carbons (Fsp3) is 0.211. The van der Waals surface area contributed by atoms with Crippen molar-refractivity contribution in [1.29, 1.82) is 0 Å². The molecule has 6 nitrogen and oxygen atoms in total. The molecule has 0 spiro atoms. The van der Waals surface area contributed by atoms with E-state index in [0.29, 0.717) is 29.3 Å². The topological polar surface area (TPSA) is 71.0 Å². The molecule has 0 saturated heterocycles. The summed E-state index contributed by atoms with van der Waals surface area (Å²) in [5, 5.41) is 8.37. The normalized spacial score (nSPS) is 14.1. The predicted molar refractivity (Wildman–Crippen MR) is 97.0 cm³/mol. The number of hydrogen-bond donors (Lipinski definition) is 1. The molecule has 0 unspecified atom stereocenters. The molecule has 1 N–H and O–H groups in total. The number of carbonyl (C=O) groups excluding carboxylic acids is 2. The van der Waals surface area contributed by atoms with E-state index in [9.17, 15) is 9.59 Å². The molecule has 0 saturated carbocycles. The van der Waals surface area contributed by atoms with Crippen LogP contribution in [0, 0.1) is 6.92 Å². The summed E-state index contributed by atoms with van der Waals surface area (Å²) in [6, 6.07) is 14.5. The van der Waals surface area contributed by atoms with Crippen molar-refractivity contribution in [3.8, 4) is 5.75 Å². The van der Waals surface area contributed by atoms with Crippen molar-refractivity contribution in [2.75, 3.05) is 17.4 Å². The number of nitrogens with one attached hydrogen (secondary N) is 1. The summed E-state index contributed by atoms with van der Waals surface area (Å²) in [7, 11) is 1.58. The predicted octanol–water partition coefficient (Wildman–Crippen LogP) is 3.13. The van der Waals surface area contributed by atoms with Gasteiger partial charge in [-0.2, -0.15) is 5.10 Å². The Labute approximate surface area is 146 Å². The molecular weight excluding hydrogens is 318 g/mol. The van der Waals surface area contributed by atoms with Gasteiger partial charge in [-0.25, -0.2) is 5.01 Å². The average molecular weight is 337 g/mol. The molecule has 3 rings (SSSR count). The fourth-order valence-electron chi connectivity index (χ4n) is 2.56. The monoisotopic (exact) mass is 337 g/mol. The van der Waals surface area contributed by atoms with Crippen LogP contribution >= 0.6 is 0 Å². The third kappa shape index (κ3) is 3.85. The molecular formula is C19H19N3O3. The van der Waals surface area contributed by atoms with Crippen LogP contribution in [-0.4, -0.2) is 24.6 Å². The second-order valence-electron chi connectivity index (χ2n) is 5.77. The van der Waals surface area contributed by atoms with E-state index in [0.717, 1.165) is 5.56 Å². The van der Waals surface area contributed by atoms with Gasteiger partial charge in [-0.3, -0.25) is 9.59 Å². The van der Waals surface area contributed by atoms with Crippen LogP contribution in [0.3, 0.4) is 0 Å². The Balaban J connectivity index is 1.79. The SMILES string of the molecule is COc1ccc(NC(=O)C2=NN(c3cccc(C)c3)C(=O)CC2)cc1. The Kier molecular flexibility index (Phi) is 4.79. The van der Waals surface area contributed by atoms with Gasteiger partial charge in [0.15, 0.2) is 0 Å². The van der Waals surface area contributed by atoms with Crippen molar-refractivity contribution in [2.45, 2.75) is 19.8 Å². The molecule has 1 aliphatic rings. The highest BCUT2D eigenvalue weighted by Crippen LogP contribution is 2.22. The van der Waals surface area contributed by atoms with Crippen LogP contribution in [0.5, 0.6) is 5.75 Å². The lowest BCUT2D eigenvalue weighted by atomic mass is 10.1. The molecule has 0 atom stereocenters. The second-order valence-corrected chi connectivity index (χ2v) is 5.77. The second kappa shape index (κ2) is 7.17. The van der Waals surface area contributed by atoms with Crippen molar-refractivity contribution >= 4 is 28.9 Å². The molecule has 0 aromatic heterocycles. The zero-order chi connectivity index (χ0) is 17.8. The number of hydrazone groups is 1. The van der Waals surface area contributed by atoms with Gasteiger partial charge < -0.3 is 10.1 Å². The number of benzene rings is 2. The summed E-state index contributed by atoms with van der Waals surface area (Å²) in [4.78, 5) is 24.6. The van der Waals surface area contributed by atoms with Crippen LogP contribution in [0.25, 0.3) is 0 Å². The van der Waals surface area contributed by atoms with Crippen LogP contribution in [0.15, 0.2) is 53.6 Å². The van der Waals surface area contributed by atoms with E-state index < -0.39 is 0 Å². The van der Waals surface area contributed by atoms with Gasteiger partial charge in [-0.15, -0.1) is 0 Å². The highest BCUT2D eigenvalue weighted by molar-refractivity contribution is 6.44. The maximum atomic E-state index is 12.5. The number of methoxy groups -OCH3 is 1. The molecule has 2 aromatic carbocycles. The third-order valence-corrected chi connectivity index (χ3v) is 3.89. The highest BCUT2D eigenvalue weighted by Gasteiger charge is 2.25.